The van der Waals surface area contributed by atoms with Gasteiger partial charge in [-0.05, 0) is 61.8 Å². The van der Waals surface area contributed by atoms with Crippen LogP contribution in [0.1, 0.15) is 75.3 Å². The van der Waals surface area contributed by atoms with Gasteiger partial charge in [0.2, 0.25) is 21.8 Å². The van der Waals surface area contributed by atoms with Crippen molar-refractivity contribution in [1.82, 2.24) is 25.2 Å². The molecule has 2 aliphatic carbocycles. The van der Waals surface area contributed by atoms with Crippen molar-refractivity contribution in [2.45, 2.75) is 112 Å². The molecular formula is C35H44ClN5O10S. The lowest BCUT2D eigenvalue weighted by molar-refractivity contribution is -0.141. The van der Waals surface area contributed by atoms with Crippen LogP contribution in [0.15, 0.2) is 30.4 Å². The van der Waals surface area contributed by atoms with Crippen molar-refractivity contribution < 1.29 is 46.6 Å². The fraction of sp³-hybridized carbons (Fsp3) is 0.629. The number of ether oxygens (including phenoxy) is 3. The summed E-state index contributed by atoms with van der Waals surface area (Å²) in [4.78, 5) is 71.3. The zero-order chi connectivity index (χ0) is 36.6. The molecule has 52 heavy (non-hydrogen) atoms. The molecule has 0 unspecified atom stereocenters. The highest BCUT2D eigenvalue weighted by atomic mass is 35.5. The smallest absolute Gasteiger partial charge is 0.410 e. The Morgan fingerprint density at radius 3 is 2.58 bits per heavy atom. The molecule has 0 bridgehead atoms. The second kappa shape index (κ2) is 14.9. The Kier molecular flexibility index (Phi) is 10.4. The number of amides is 5. The number of fused-ring (bicyclic) bond motifs is 3. The van der Waals surface area contributed by atoms with Crippen LogP contribution in [0.25, 0.3) is 0 Å². The highest BCUT2D eigenvalue weighted by molar-refractivity contribution is 7.91. The number of halogens is 1. The van der Waals surface area contributed by atoms with Crippen LogP contribution in [0, 0.1) is 5.92 Å². The van der Waals surface area contributed by atoms with Crippen molar-refractivity contribution in [3.05, 3.63) is 46.5 Å². The van der Waals surface area contributed by atoms with Gasteiger partial charge in [-0.15, -0.1) is 0 Å². The van der Waals surface area contributed by atoms with E-state index in [0.717, 1.165) is 24.0 Å². The van der Waals surface area contributed by atoms with Crippen LogP contribution < -0.4 is 15.4 Å². The Balaban J connectivity index is 1.12. The van der Waals surface area contributed by atoms with Crippen molar-refractivity contribution in [2.24, 2.45) is 5.92 Å². The molecule has 5 amide bonds. The number of hydrogen-bond donors (Lipinski definition) is 3. The average Bonchev–Trinajstić information content (AvgIpc) is 3.89. The van der Waals surface area contributed by atoms with Crippen molar-refractivity contribution in [3.8, 4) is 0 Å². The zero-order valence-electron chi connectivity index (χ0n) is 28.7. The molecule has 15 nitrogen and oxygen atoms in total. The van der Waals surface area contributed by atoms with E-state index in [1.165, 1.54) is 9.80 Å². The minimum Gasteiger partial charge on any atom is -0.444 e. The Bertz CT molecular complexity index is 1750. The molecule has 2 saturated carbocycles. The number of carbonyl (C=O) groups is 5. The summed E-state index contributed by atoms with van der Waals surface area (Å²) in [5, 5.41) is 5.42. The molecule has 2 saturated heterocycles. The van der Waals surface area contributed by atoms with Gasteiger partial charge in [0.15, 0.2) is 0 Å². The van der Waals surface area contributed by atoms with Crippen LogP contribution in [0.5, 0.6) is 0 Å². The average molecular weight is 762 g/mol. The highest BCUT2D eigenvalue weighted by Gasteiger charge is 2.62. The van der Waals surface area contributed by atoms with Gasteiger partial charge in [0.1, 0.15) is 29.8 Å². The predicted octanol–water partition coefficient (Wildman–Crippen LogP) is 2.65. The first kappa shape index (κ1) is 36.5. The molecule has 4 aliphatic heterocycles. The summed E-state index contributed by atoms with van der Waals surface area (Å²) >= 11 is 6.15. The molecule has 4 fully saturated rings. The molecule has 0 radical (unpaired) electrons. The number of carbonyl (C=O) groups excluding carboxylic acids is 5. The lowest BCUT2D eigenvalue weighted by Crippen LogP contribution is -2.58. The first-order valence-corrected chi connectivity index (χ1v) is 20.0. The maximum atomic E-state index is 14.3. The Morgan fingerprint density at radius 1 is 1.00 bits per heavy atom. The van der Waals surface area contributed by atoms with Crippen molar-refractivity contribution in [3.63, 3.8) is 0 Å². The van der Waals surface area contributed by atoms with Crippen LogP contribution in [-0.2, 0) is 51.7 Å². The molecule has 0 spiro atoms. The fourth-order valence-electron chi connectivity index (χ4n) is 7.49. The van der Waals surface area contributed by atoms with E-state index in [4.69, 9.17) is 25.8 Å². The second-order valence-corrected chi connectivity index (χ2v) is 17.0. The third-order valence-electron chi connectivity index (χ3n) is 10.7. The van der Waals surface area contributed by atoms with Gasteiger partial charge in [-0.3, -0.25) is 24.0 Å². The van der Waals surface area contributed by atoms with Gasteiger partial charge in [-0.25, -0.2) is 18.0 Å². The van der Waals surface area contributed by atoms with Crippen LogP contribution >= 0.6 is 11.6 Å². The Morgan fingerprint density at radius 2 is 1.81 bits per heavy atom. The van der Waals surface area contributed by atoms with E-state index < -0.39 is 80.9 Å². The first-order valence-electron chi connectivity index (χ1n) is 18.0. The quantitative estimate of drug-likeness (QED) is 0.364. The standard InChI is InChI=1S/C35H44ClN5O10S/c36-24-9-8-21-17-40(18-22(21)14-24)34(46)51-26-15-29-30(42)38-35(32(44)39-52(47,48)27-10-11-27)16-23(35)6-4-2-1-3-5-7-28(31(43)41(29)19-26)37-33(45)50-25-12-13-49-20-25/h4,6,8-9,14,23,25-29H,1-3,5,7,10-13,15-20H2,(H,37,45)(H,38,42)(H,39,44)/b6-4-/t23-,25-,26+,28-,29-,35+/m0/s1. The van der Waals surface area contributed by atoms with E-state index in [0.29, 0.717) is 50.3 Å². The van der Waals surface area contributed by atoms with E-state index >= 15 is 0 Å². The molecule has 6 atom stereocenters. The number of benzene rings is 1. The molecule has 1 aromatic carbocycles. The van der Waals surface area contributed by atoms with E-state index in [-0.39, 0.29) is 39.0 Å². The molecular weight excluding hydrogens is 718 g/mol. The number of alkyl carbamates (subject to hydrolysis) is 1. The van der Waals surface area contributed by atoms with Gasteiger partial charge in [0.25, 0.3) is 5.91 Å². The number of nitrogens with zero attached hydrogens (tertiary/aromatic N) is 2. The lowest BCUT2D eigenvalue weighted by Gasteiger charge is -2.30. The number of allylic oxidation sites excluding steroid dienone is 1. The zero-order valence-corrected chi connectivity index (χ0v) is 30.3. The summed E-state index contributed by atoms with van der Waals surface area (Å²) in [5.74, 6) is -2.53. The third-order valence-corrected chi connectivity index (χ3v) is 12.8. The molecule has 1 aromatic rings. The maximum Gasteiger partial charge on any atom is 0.410 e. The molecule has 282 valence electrons. The minimum absolute atomic E-state index is 0.0783. The lowest BCUT2D eigenvalue weighted by atomic mass is 10.0. The Hall–Kier alpha value is -3.89. The summed E-state index contributed by atoms with van der Waals surface area (Å²) in [7, 11) is -3.91. The van der Waals surface area contributed by atoms with Gasteiger partial charge in [-0.2, -0.15) is 0 Å². The Labute approximate surface area is 307 Å². The first-order chi connectivity index (χ1) is 24.9. The molecule has 17 heteroatoms. The van der Waals surface area contributed by atoms with E-state index in [9.17, 15) is 32.4 Å². The summed E-state index contributed by atoms with van der Waals surface area (Å²) in [6.45, 7) is 1.17. The normalized spacial score (nSPS) is 31.2. The van der Waals surface area contributed by atoms with Crippen LogP contribution in [0.3, 0.4) is 0 Å². The van der Waals surface area contributed by atoms with E-state index in [1.807, 2.05) is 18.2 Å². The van der Waals surface area contributed by atoms with Crippen LogP contribution in [0.4, 0.5) is 9.59 Å². The van der Waals surface area contributed by atoms with E-state index in [2.05, 4.69) is 15.4 Å². The highest BCUT2D eigenvalue weighted by Crippen LogP contribution is 2.46. The van der Waals surface area contributed by atoms with Crippen molar-refractivity contribution in [2.75, 3.05) is 19.8 Å². The number of hydrogen-bond acceptors (Lipinski definition) is 10. The number of sulfonamides is 1. The summed E-state index contributed by atoms with van der Waals surface area (Å²) in [6.07, 6.45) is 5.62. The molecule has 7 rings (SSSR count). The van der Waals surface area contributed by atoms with Crippen molar-refractivity contribution >= 4 is 51.5 Å². The van der Waals surface area contributed by atoms with Crippen LogP contribution in [-0.4, -0.2) is 103 Å². The summed E-state index contributed by atoms with van der Waals surface area (Å²) < 4.78 is 44.4. The molecule has 6 aliphatic rings. The maximum absolute atomic E-state index is 14.3. The second-order valence-electron chi connectivity index (χ2n) is 14.6. The van der Waals surface area contributed by atoms with Gasteiger partial charge in [0, 0.05) is 36.9 Å². The summed E-state index contributed by atoms with van der Waals surface area (Å²) in [6, 6.07) is 3.15. The number of nitrogens with one attached hydrogen (secondary N) is 3. The minimum atomic E-state index is -3.91. The van der Waals surface area contributed by atoms with Crippen molar-refractivity contribution in [1.29, 1.82) is 0 Å². The SMILES string of the molecule is O=C(N[C@H]1CCCCC/C=C\[C@H]2C[C@@]2(C(=O)NS(=O)(=O)C2CC2)NC(=O)[C@@H]2C[C@@H](OC(=O)N3Cc4ccc(Cl)cc4C3)CN2C1=O)O[C@H]1CCOC1. The van der Waals surface area contributed by atoms with Crippen LogP contribution in [0.2, 0.25) is 5.02 Å². The fourth-order valence-corrected chi connectivity index (χ4v) is 9.05. The monoisotopic (exact) mass is 761 g/mol. The van der Waals surface area contributed by atoms with Gasteiger partial charge < -0.3 is 29.7 Å². The molecule has 0 aromatic heterocycles. The number of rotatable bonds is 6. The van der Waals surface area contributed by atoms with E-state index in [1.54, 1.807) is 12.1 Å². The van der Waals surface area contributed by atoms with Gasteiger partial charge in [0.05, 0.1) is 25.0 Å². The van der Waals surface area contributed by atoms with Gasteiger partial charge in [-0.1, -0.05) is 42.7 Å². The third kappa shape index (κ3) is 8.03. The largest absolute Gasteiger partial charge is 0.444 e. The predicted molar refractivity (Wildman–Crippen MR) is 185 cm³/mol. The van der Waals surface area contributed by atoms with Gasteiger partial charge >= 0.3 is 12.2 Å². The molecule has 3 N–H and O–H groups in total. The molecule has 4 heterocycles. The topological polar surface area (TPSA) is 190 Å². The summed E-state index contributed by atoms with van der Waals surface area (Å²) in [5.41, 5.74) is 0.288.